The highest BCUT2D eigenvalue weighted by atomic mass is 19.2. The summed E-state index contributed by atoms with van der Waals surface area (Å²) >= 11 is 0. The number of hydrogen-bond acceptors (Lipinski definition) is 4. The fourth-order valence-electron chi connectivity index (χ4n) is 2.04. The number of benzene rings is 1. The number of carbonyl (C=O) groups is 1. The van der Waals surface area contributed by atoms with Gasteiger partial charge in [-0.05, 0) is 12.1 Å². The molecule has 108 valence electrons. The predicted octanol–water partition coefficient (Wildman–Crippen LogP) is 2.24. The van der Waals surface area contributed by atoms with Crippen LogP contribution in [0.25, 0.3) is 11.0 Å². The van der Waals surface area contributed by atoms with Crippen LogP contribution in [0.4, 0.5) is 14.7 Å². The number of aromatic nitrogens is 2. The molecule has 0 aliphatic heterocycles. The summed E-state index contributed by atoms with van der Waals surface area (Å²) in [5, 5.41) is 8.79. The van der Waals surface area contributed by atoms with E-state index in [4.69, 9.17) is 15.3 Å². The highest BCUT2D eigenvalue weighted by molar-refractivity contribution is 5.84. The first-order valence-electron chi connectivity index (χ1n) is 5.88. The molecule has 3 N–H and O–H groups in total. The maximum absolute atomic E-state index is 13.3. The van der Waals surface area contributed by atoms with Crippen molar-refractivity contribution in [1.82, 2.24) is 9.55 Å². The Hall–Kier alpha value is -2.90. The minimum absolute atomic E-state index is 0.0447. The molecule has 8 heteroatoms. The van der Waals surface area contributed by atoms with E-state index in [-0.39, 0.29) is 23.8 Å². The summed E-state index contributed by atoms with van der Waals surface area (Å²) in [6, 6.07) is 4.69. The maximum Gasteiger partial charge on any atom is 0.371 e. The van der Waals surface area contributed by atoms with Gasteiger partial charge in [0.15, 0.2) is 11.6 Å². The Morgan fingerprint density at radius 3 is 2.71 bits per heavy atom. The van der Waals surface area contributed by atoms with Crippen LogP contribution in [0.1, 0.15) is 16.3 Å². The van der Waals surface area contributed by atoms with Crippen molar-refractivity contribution in [3.8, 4) is 0 Å². The van der Waals surface area contributed by atoms with Crippen molar-refractivity contribution in [3.05, 3.63) is 47.4 Å². The fraction of sp³-hybridized carbons (Fsp3) is 0.0769. The van der Waals surface area contributed by atoms with Gasteiger partial charge in [0.05, 0.1) is 17.6 Å². The number of imidazole rings is 1. The molecule has 2 aromatic heterocycles. The summed E-state index contributed by atoms with van der Waals surface area (Å²) < 4.78 is 33.0. The Morgan fingerprint density at radius 2 is 2.05 bits per heavy atom. The number of nitrogens with two attached hydrogens (primary N) is 1. The lowest BCUT2D eigenvalue weighted by molar-refractivity contribution is 0.0660. The molecular formula is C13H9F2N3O3. The van der Waals surface area contributed by atoms with E-state index in [1.54, 1.807) is 0 Å². The Bertz CT molecular complexity index is 854. The molecule has 0 amide bonds. The number of halogens is 2. The van der Waals surface area contributed by atoms with Gasteiger partial charge in [-0.25, -0.2) is 18.6 Å². The summed E-state index contributed by atoms with van der Waals surface area (Å²) in [6.45, 7) is 0.0562. The van der Waals surface area contributed by atoms with Crippen LogP contribution in [-0.2, 0) is 6.54 Å². The molecule has 3 rings (SSSR count). The van der Waals surface area contributed by atoms with Crippen molar-refractivity contribution in [3.63, 3.8) is 0 Å². The number of hydrogen-bond donors (Lipinski definition) is 2. The Morgan fingerprint density at radius 1 is 1.33 bits per heavy atom. The number of carboxylic acid groups (broad SMARTS) is 1. The van der Waals surface area contributed by atoms with E-state index in [1.165, 1.54) is 16.7 Å². The van der Waals surface area contributed by atoms with Crippen LogP contribution in [0.3, 0.4) is 0 Å². The molecule has 0 fully saturated rings. The lowest BCUT2D eigenvalue weighted by atomic mass is 10.3. The Kier molecular flexibility index (Phi) is 2.86. The van der Waals surface area contributed by atoms with E-state index < -0.39 is 17.6 Å². The predicted molar refractivity (Wildman–Crippen MR) is 68.8 cm³/mol. The molecule has 21 heavy (non-hydrogen) atoms. The van der Waals surface area contributed by atoms with Crippen molar-refractivity contribution in [2.45, 2.75) is 6.54 Å². The normalized spacial score (nSPS) is 11.1. The molecule has 0 radical (unpaired) electrons. The Balaban J connectivity index is 2.05. The van der Waals surface area contributed by atoms with Crippen LogP contribution >= 0.6 is 0 Å². The van der Waals surface area contributed by atoms with Crippen molar-refractivity contribution in [2.24, 2.45) is 0 Å². The molecule has 0 unspecified atom stereocenters. The van der Waals surface area contributed by atoms with E-state index in [9.17, 15) is 13.6 Å². The van der Waals surface area contributed by atoms with Crippen molar-refractivity contribution in [2.75, 3.05) is 5.73 Å². The molecule has 0 saturated carbocycles. The standard InChI is InChI=1S/C13H9F2N3O3/c14-7-3-9-10(4-8(7)15)18(13(16)17-9)5-6-1-2-11(21-6)12(19)20/h1-4H,5H2,(H2,16,17)(H,19,20). The second-order valence-corrected chi connectivity index (χ2v) is 4.38. The third-order valence-corrected chi connectivity index (χ3v) is 3.01. The summed E-state index contributed by atoms with van der Waals surface area (Å²) in [7, 11) is 0. The van der Waals surface area contributed by atoms with Gasteiger partial charge in [0.25, 0.3) is 0 Å². The third kappa shape index (κ3) is 2.20. The number of nitrogen functional groups attached to an aromatic ring is 1. The average Bonchev–Trinajstić information content (AvgIpc) is 2.98. The summed E-state index contributed by atoms with van der Waals surface area (Å²) in [4.78, 5) is 14.7. The first-order valence-corrected chi connectivity index (χ1v) is 5.88. The van der Waals surface area contributed by atoms with Crippen LogP contribution in [0.15, 0.2) is 28.7 Å². The number of fused-ring (bicyclic) bond motifs is 1. The van der Waals surface area contributed by atoms with Crippen LogP contribution in [0.5, 0.6) is 0 Å². The first-order chi connectivity index (χ1) is 9.95. The summed E-state index contributed by atoms with van der Waals surface area (Å²) in [6.07, 6.45) is 0. The number of anilines is 1. The molecule has 0 atom stereocenters. The van der Waals surface area contributed by atoms with Gasteiger partial charge in [-0.1, -0.05) is 0 Å². The lowest BCUT2D eigenvalue weighted by Crippen LogP contribution is -2.04. The third-order valence-electron chi connectivity index (χ3n) is 3.01. The summed E-state index contributed by atoms with van der Waals surface area (Å²) in [5.41, 5.74) is 6.21. The van der Waals surface area contributed by atoms with Crippen LogP contribution < -0.4 is 5.73 Å². The average molecular weight is 293 g/mol. The van der Waals surface area contributed by atoms with Crippen LogP contribution in [0.2, 0.25) is 0 Å². The summed E-state index contributed by atoms with van der Waals surface area (Å²) in [5.74, 6) is -3.10. The zero-order chi connectivity index (χ0) is 15.1. The molecule has 3 aromatic rings. The highest BCUT2D eigenvalue weighted by Crippen LogP contribution is 2.23. The molecule has 0 bridgehead atoms. The topological polar surface area (TPSA) is 94.3 Å². The SMILES string of the molecule is Nc1nc2cc(F)c(F)cc2n1Cc1ccc(C(=O)O)o1. The smallest absolute Gasteiger partial charge is 0.371 e. The van der Waals surface area contributed by atoms with Gasteiger partial charge in [-0.15, -0.1) is 0 Å². The van der Waals surface area contributed by atoms with Gasteiger partial charge < -0.3 is 19.8 Å². The highest BCUT2D eigenvalue weighted by Gasteiger charge is 2.15. The molecular weight excluding hydrogens is 284 g/mol. The molecule has 0 aliphatic rings. The van der Waals surface area contributed by atoms with Crippen molar-refractivity contribution >= 4 is 23.0 Å². The van der Waals surface area contributed by atoms with E-state index in [0.717, 1.165) is 12.1 Å². The minimum atomic E-state index is -1.20. The number of rotatable bonds is 3. The van der Waals surface area contributed by atoms with Crippen LogP contribution in [-0.4, -0.2) is 20.6 Å². The number of aromatic carboxylic acids is 1. The van der Waals surface area contributed by atoms with E-state index >= 15 is 0 Å². The van der Waals surface area contributed by atoms with Gasteiger partial charge in [-0.2, -0.15) is 0 Å². The number of furan rings is 1. The van der Waals surface area contributed by atoms with Crippen molar-refractivity contribution in [1.29, 1.82) is 0 Å². The van der Waals surface area contributed by atoms with Gasteiger partial charge >= 0.3 is 5.97 Å². The fourth-order valence-corrected chi connectivity index (χ4v) is 2.04. The second-order valence-electron chi connectivity index (χ2n) is 4.38. The molecule has 0 spiro atoms. The lowest BCUT2D eigenvalue weighted by Gasteiger charge is -2.04. The van der Waals surface area contributed by atoms with Crippen LogP contribution in [0, 0.1) is 11.6 Å². The second kappa shape index (κ2) is 4.58. The van der Waals surface area contributed by atoms with Crippen molar-refractivity contribution < 1.29 is 23.1 Å². The quantitative estimate of drug-likeness (QED) is 0.772. The minimum Gasteiger partial charge on any atom is -0.475 e. The zero-order valence-electron chi connectivity index (χ0n) is 10.5. The van der Waals surface area contributed by atoms with Gasteiger partial charge in [0.1, 0.15) is 5.76 Å². The Labute approximate surface area is 116 Å². The largest absolute Gasteiger partial charge is 0.475 e. The monoisotopic (exact) mass is 293 g/mol. The number of nitrogens with zero attached hydrogens (tertiary/aromatic N) is 2. The van der Waals surface area contributed by atoms with E-state index in [1.807, 2.05) is 0 Å². The maximum atomic E-state index is 13.3. The van der Waals surface area contributed by atoms with E-state index in [0.29, 0.717) is 11.3 Å². The van der Waals surface area contributed by atoms with Gasteiger partial charge in [-0.3, -0.25) is 0 Å². The van der Waals surface area contributed by atoms with E-state index in [2.05, 4.69) is 4.98 Å². The molecule has 2 heterocycles. The molecule has 0 aliphatic carbocycles. The zero-order valence-corrected chi connectivity index (χ0v) is 10.5. The molecule has 6 nitrogen and oxygen atoms in total. The van der Waals surface area contributed by atoms with Gasteiger partial charge in [0, 0.05) is 12.1 Å². The van der Waals surface area contributed by atoms with Gasteiger partial charge in [0.2, 0.25) is 11.7 Å². The molecule has 0 saturated heterocycles. The molecule has 1 aromatic carbocycles. The first kappa shape index (κ1) is 13.1. The number of carboxylic acids is 1.